The standard InChI is InChI=1S/C11H13N5O/c1-7-10(2-9(12)6-13-7)11(17)14-3-8-4-15-16-5-8/h2,4-6H,3,12H2,1H3,(H,14,17)(H,15,16). The lowest BCUT2D eigenvalue weighted by Gasteiger charge is -2.06. The molecule has 0 bridgehead atoms. The molecule has 17 heavy (non-hydrogen) atoms. The van der Waals surface area contributed by atoms with Gasteiger partial charge in [0.05, 0.1) is 29.3 Å². The van der Waals surface area contributed by atoms with Gasteiger partial charge in [-0.25, -0.2) is 0 Å². The lowest BCUT2D eigenvalue weighted by atomic mass is 10.2. The Morgan fingerprint density at radius 2 is 2.35 bits per heavy atom. The van der Waals surface area contributed by atoms with Gasteiger partial charge in [-0.3, -0.25) is 14.9 Å². The number of pyridine rings is 1. The minimum absolute atomic E-state index is 0.191. The van der Waals surface area contributed by atoms with Gasteiger partial charge in [-0.1, -0.05) is 0 Å². The molecular weight excluding hydrogens is 218 g/mol. The highest BCUT2D eigenvalue weighted by Crippen LogP contribution is 2.09. The number of rotatable bonds is 3. The maximum Gasteiger partial charge on any atom is 0.253 e. The largest absolute Gasteiger partial charge is 0.397 e. The molecule has 0 aliphatic rings. The molecule has 6 nitrogen and oxygen atoms in total. The summed E-state index contributed by atoms with van der Waals surface area (Å²) in [6, 6.07) is 1.62. The smallest absolute Gasteiger partial charge is 0.253 e. The molecule has 0 fully saturated rings. The van der Waals surface area contributed by atoms with Crippen LogP contribution in [-0.4, -0.2) is 21.1 Å². The molecule has 88 valence electrons. The summed E-state index contributed by atoms with van der Waals surface area (Å²) in [5.41, 5.74) is 8.13. The van der Waals surface area contributed by atoms with Crippen molar-refractivity contribution in [1.82, 2.24) is 20.5 Å². The topological polar surface area (TPSA) is 96.7 Å². The molecule has 0 aliphatic carbocycles. The zero-order valence-corrected chi connectivity index (χ0v) is 9.40. The van der Waals surface area contributed by atoms with Crippen LogP contribution in [0.4, 0.5) is 5.69 Å². The predicted octanol–water partition coefficient (Wildman–Crippen LogP) is 0.625. The summed E-state index contributed by atoms with van der Waals surface area (Å²) in [6.45, 7) is 2.19. The number of aromatic amines is 1. The molecule has 2 aromatic rings. The average molecular weight is 231 g/mol. The van der Waals surface area contributed by atoms with Crippen molar-refractivity contribution in [2.45, 2.75) is 13.5 Å². The monoisotopic (exact) mass is 231 g/mol. The summed E-state index contributed by atoms with van der Waals surface area (Å²) in [7, 11) is 0. The number of carbonyl (C=O) groups excluding carboxylic acids is 1. The number of amides is 1. The number of nitrogens with zero attached hydrogens (tertiary/aromatic N) is 2. The number of carbonyl (C=O) groups is 1. The average Bonchev–Trinajstić information content (AvgIpc) is 2.82. The summed E-state index contributed by atoms with van der Waals surface area (Å²) >= 11 is 0. The van der Waals surface area contributed by atoms with Gasteiger partial charge in [-0.2, -0.15) is 5.10 Å². The molecule has 0 atom stereocenters. The van der Waals surface area contributed by atoms with E-state index >= 15 is 0 Å². The van der Waals surface area contributed by atoms with E-state index in [1.165, 1.54) is 6.20 Å². The van der Waals surface area contributed by atoms with Gasteiger partial charge in [0.1, 0.15) is 0 Å². The lowest BCUT2D eigenvalue weighted by molar-refractivity contribution is 0.0950. The first kappa shape index (κ1) is 11.1. The first-order chi connectivity index (χ1) is 8.16. The number of aromatic nitrogens is 3. The Labute approximate surface area is 98.3 Å². The van der Waals surface area contributed by atoms with E-state index in [2.05, 4.69) is 20.5 Å². The Morgan fingerprint density at radius 3 is 3.06 bits per heavy atom. The number of nitrogens with one attached hydrogen (secondary N) is 2. The molecule has 0 radical (unpaired) electrons. The van der Waals surface area contributed by atoms with Crippen LogP contribution in [0.5, 0.6) is 0 Å². The molecule has 0 spiro atoms. The van der Waals surface area contributed by atoms with E-state index in [1.54, 1.807) is 25.4 Å². The quantitative estimate of drug-likeness (QED) is 0.721. The van der Waals surface area contributed by atoms with Crippen LogP contribution in [0.1, 0.15) is 21.6 Å². The van der Waals surface area contributed by atoms with Gasteiger partial charge in [0.2, 0.25) is 0 Å². The van der Waals surface area contributed by atoms with E-state index in [0.717, 1.165) is 5.56 Å². The molecule has 0 saturated carbocycles. The lowest BCUT2D eigenvalue weighted by Crippen LogP contribution is -2.23. The van der Waals surface area contributed by atoms with Crippen LogP contribution in [-0.2, 0) is 6.54 Å². The zero-order valence-electron chi connectivity index (χ0n) is 9.40. The highest BCUT2D eigenvalue weighted by molar-refractivity contribution is 5.95. The van der Waals surface area contributed by atoms with Gasteiger partial charge in [-0.05, 0) is 13.0 Å². The Hall–Kier alpha value is -2.37. The van der Waals surface area contributed by atoms with E-state index in [9.17, 15) is 4.79 Å². The molecule has 0 aliphatic heterocycles. The molecule has 6 heteroatoms. The Bertz CT molecular complexity index is 521. The van der Waals surface area contributed by atoms with E-state index in [0.29, 0.717) is 23.5 Å². The molecule has 1 amide bonds. The fraction of sp³-hybridized carbons (Fsp3) is 0.182. The number of nitrogens with two attached hydrogens (primary N) is 1. The van der Waals surface area contributed by atoms with E-state index in [-0.39, 0.29) is 5.91 Å². The van der Waals surface area contributed by atoms with Crippen LogP contribution in [0.15, 0.2) is 24.7 Å². The van der Waals surface area contributed by atoms with E-state index in [1.807, 2.05) is 0 Å². The molecule has 4 N–H and O–H groups in total. The second kappa shape index (κ2) is 4.65. The zero-order chi connectivity index (χ0) is 12.3. The number of aryl methyl sites for hydroxylation is 1. The first-order valence-electron chi connectivity index (χ1n) is 5.15. The minimum atomic E-state index is -0.191. The highest BCUT2D eigenvalue weighted by atomic mass is 16.1. The van der Waals surface area contributed by atoms with Gasteiger partial charge in [0.25, 0.3) is 5.91 Å². The molecule has 0 aromatic carbocycles. The second-order valence-electron chi connectivity index (χ2n) is 3.69. The van der Waals surface area contributed by atoms with Crippen LogP contribution in [0.2, 0.25) is 0 Å². The number of nitrogen functional groups attached to an aromatic ring is 1. The maximum absolute atomic E-state index is 11.9. The van der Waals surface area contributed by atoms with Crippen LogP contribution >= 0.6 is 0 Å². The van der Waals surface area contributed by atoms with Crippen molar-refractivity contribution >= 4 is 11.6 Å². The fourth-order valence-corrected chi connectivity index (χ4v) is 1.43. The molecule has 2 rings (SSSR count). The third-order valence-corrected chi connectivity index (χ3v) is 2.36. The predicted molar refractivity (Wildman–Crippen MR) is 63.1 cm³/mol. The van der Waals surface area contributed by atoms with Crippen LogP contribution in [0, 0.1) is 6.92 Å². The van der Waals surface area contributed by atoms with Gasteiger partial charge < -0.3 is 11.1 Å². The summed E-state index contributed by atoms with van der Waals surface area (Å²) in [5, 5.41) is 9.25. The molecule has 2 heterocycles. The normalized spacial score (nSPS) is 10.2. The number of hydrogen-bond donors (Lipinski definition) is 3. The van der Waals surface area contributed by atoms with Crippen molar-refractivity contribution in [3.8, 4) is 0 Å². The molecule has 0 unspecified atom stereocenters. The maximum atomic E-state index is 11.9. The Morgan fingerprint density at radius 1 is 1.53 bits per heavy atom. The fourth-order valence-electron chi connectivity index (χ4n) is 1.43. The van der Waals surface area contributed by atoms with Gasteiger partial charge in [0, 0.05) is 18.3 Å². The van der Waals surface area contributed by atoms with Gasteiger partial charge >= 0.3 is 0 Å². The van der Waals surface area contributed by atoms with Gasteiger partial charge in [-0.15, -0.1) is 0 Å². The van der Waals surface area contributed by atoms with Crippen molar-refractivity contribution in [2.75, 3.05) is 5.73 Å². The second-order valence-corrected chi connectivity index (χ2v) is 3.69. The Balaban J connectivity index is 2.07. The minimum Gasteiger partial charge on any atom is -0.397 e. The summed E-state index contributed by atoms with van der Waals surface area (Å²) < 4.78 is 0. The van der Waals surface area contributed by atoms with Crippen LogP contribution in [0.25, 0.3) is 0 Å². The molecular formula is C11H13N5O. The van der Waals surface area contributed by atoms with Crippen LogP contribution < -0.4 is 11.1 Å². The molecule has 2 aromatic heterocycles. The summed E-state index contributed by atoms with van der Waals surface area (Å²) in [4.78, 5) is 15.9. The van der Waals surface area contributed by atoms with Crippen molar-refractivity contribution in [1.29, 1.82) is 0 Å². The number of H-pyrrole nitrogens is 1. The molecule has 0 saturated heterocycles. The van der Waals surface area contributed by atoms with Gasteiger partial charge in [0.15, 0.2) is 0 Å². The van der Waals surface area contributed by atoms with Crippen molar-refractivity contribution < 1.29 is 4.79 Å². The SMILES string of the molecule is Cc1ncc(N)cc1C(=O)NCc1cn[nH]c1. The van der Waals surface area contributed by atoms with Crippen molar-refractivity contribution in [2.24, 2.45) is 0 Å². The Kier molecular flexibility index (Phi) is 3.04. The summed E-state index contributed by atoms with van der Waals surface area (Å²) in [6.07, 6.45) is 4.91. The number of hydrogen-bond acceptors (Lipinski definition) is 4. The van der Waals surface area contributed by atoms with E-state index in [4.69, 9.17) is 5.73 Å². The first-order valence-corrected chi connectivity index (χ1v) is 5.15. The third-order valence-electron chi connectivity index (χ3n) is 2.36. The van der Waals surface area contributed by atoms with Crippen LogP contribution in [0.3, 0.4) is 0 Å². The third kappa shape index (κ3) is 2.60. The van der Waals surface area contributed by atoms with Crippen molar-refractivity contribution in [3.63, 3.8) is 0 Å². The highest BCUT2D eigenvalue weighted by Gasteiger charge is 2.10. The number of anilines is 1. The summed E-state index contributed by atoms with van der Waals surface area (Å²) in [5.74, 6) is -0.191. The van der Waals surface area contributed by atoms with Crippen molar-refractivity contribution in [3.05, 3.63) is 41.5 Å². The van der Waals surface area contributed by atoms with E-state index < -0.39 is 0 Å².